The Bertz CT molecular complexity index is 729. The predicted octanol–water partition coefficient (Wildman–Crippen LogP) is 3.65. The molecule has 7 nitrogen and oxygen atoms in total. The number of nitrogens with zero attached hydrogens (tertiary/aromatic N) is 2. The number of non-ortho nitro benzene ring substituents is 1. The van der Waals surface area contributed by atoms with Gasteiger partial charge in [0.25, 0.3) is 11.6 Å². The fourth-order valence-electron chi connectivity index (χ4n) is 2.64. The second-order valence-electron chi connectivity index (χ2n) is 5.38. The molecule has 0 saturated heterocycles. The Morgan fingerprint density at radius 1 is 1.36 bits per heavy atom. The van der Waals surface area contributed by atoms with E-state index >= 15 is 0 Å². The molecule has 0 spiro atoms. The Morgan fingerprint density at radius 2 is 2.08 bits per heavy atom. The van der Waals surface area contributed by atoms with E-state index in [4.69, 9.17) is 16.0 Å². The van der Waals surface area contributed by atoms with Crippen LogP contribution < -0.4 is 5.32 Å². The largest absolute Gasteiger partial charge is 0.468 e. The summed E-state index contributed by atoms with van der Waals surface area (Å²) >= 11 is 6.02. The summed E-state index contributed by atoms with van der Waals surface area (Å²) in [7, 11) is 0. The molecule has 1 aromatic heterocycles. The van der Waals surface area contributed by atoms with Crippen LogP contribution in [-0.4, -0.2) is 35.4 Å². The van der Waals surface area contributed by atoms with Crippen molar-refractivity contribution in [1.29, 1.82) is 0 Å². The first kappa shape index (κ1) is 19.0. The summed E-state index contributed by atoms with van der Waals surface area (Å²) in [6.45, 7) is 5.93. The molecule has 0 saturated carbocycles. The molecular formula is C17H20ClN3O4. The highest BCUT2D eigenvalue weighted by Gasteiger charge is 2.23. The predicted molar refractivity (Wildman–Crippen MR) is 94.8 cm³/mol. The van der Waals surface area contributed by atoms with E-state index in [0.29, 0.717) is 6.54 Å². The lowest BCUT2D eigenvalue weighted by Crippen LogP contribution is -2.38. The van der Waals surface area contributed by atoms with Crippen molar-refractivity contribution in [2.24, 2.45) is 0 Å². The summed E-state index contributed by atoms with van der Waals surface area (Å²) < 4.78 is 5.48. The fourth-order valence-corrected chi connectivity index (χ4v) is 2.84. The van der Waals surface area contributed by atoms with Crippen molar-refractivity contribution in [3.63, 3.8) is 0 Å². The molecule has 0 bridgehead atoms. The summed E-state index contributed by atoms with van der Waals surface area (Å²) in [6, 6.07) is 7.31. The number of hydrogen-bond acceptors (Lipinski definition) is 5. The SMILES string of the molecule is CCN(CC)C(CNC(=O)c1cc([N+](=O)[O-])ccc1Cl)c1ccco1. The third-order valence-electron chi connectivity index (χ3n) is 3.99. The second-order valence-corrected chi connectivity index (χ2v) is 5.79. The number of nitro groups is 1. The lowest BCUT2D eigenvalue weighted by molar-refractivity contribution is -0.384. The molecule has 1 amide bonds. The summed E-state index contributed by atoms with van der Waals surface area (Å²) in [5.41, 5.74) is -0.102. The molecule has 1 N–H and O–H groups in total. The minimum absolute atomic E-state index is 0.0774. The van der Waals surface area contributed by atoms with Gasteiger partial charge in [-0.05, 0) is 31.3 Å². The maximum Gasteiger partial charge on any atom is 0.270 e. The number of carbonyl (C=O) groups is 1. The van der Waals surface area contributed by atoms with Crippen LogP contribution in [0.4, 0.5) is 5.69 Å². The van der Waals surface area contributed by atoms with Gasteiger partial charge < -0.3 is 9.73 Å². The van der Waals surface area contributed by atoms with Crippen molar-refractivity contribution in [1.82, 2.24) is 10.2 Å². The Hall–Kier alpha value is -2.38. The lowest BCUT2D eigenvalue weighted by Gasteiger charge is -2.28. The second kappa shape index (κ2) is 8.64. The maximum atomic E-state index is 12.4. The van der Waals surface area contributed by atoms with Gasteiger partial charge in [-0.1, -0.05) is 25.4 Å². The summed E-state index contributed by atoms with van der Waals surface area (Å²) in [5, 5.41) is 13.9. The molecular weight excluding hydrogens is 346 g/mol. The van der Waals surface area contributed by atoms with Gasteiger partial charge in [0.15, 0.2) is 0 Å². The highest BCUT2D eigenvalue weighted by molar-refractivity contribution is 6.33. The normalized spacial score (nSPS) is 12.2. The topological polar surface area (TPSA) is 88.6 Å². The number of nitro benzene ring substituents is 1. The van der Waals surface area contributed by atoms with Gasteiger partial charge >= 0.3 is 0 Å². The molecule has 2 rings (SSSR count). The fraction of sp³-hybridized carbons (Fsp3) is 0.353. The van der Waals surface area contributed by atoms with Crippen molar-refractivity contribution >= 4 is 23.2 Å². The molecule has 1 heterocycles. The summed E-state index contributed by atoms with van der Waals surface area (Å²) in [4.78, 5) is 24.9. The van der Waals surface area contributed by atoms with Crippen LogP contribution in [0, 0.1) is 10.1 Å². The number of benzene rings is 1. The average molecular weight is 366 g/mol. The highest BCUT2D eigenvalue weighted by atomic mass is 35.5. The molecule has 25 heavy (non-hydrogen) atoms. The van der Waals surface area contributed by atoms with Crippen LogP contribution >= 0.6 is 11.6 Å². The molecule has 0 radical (unpaired) electrons. The van der Waals surface area contributed by atoms with E-state index in [1.165, 1.54) is 18.2 Å². The van der Waals surface area contributed by atoms with Crippen LogP contribution in [-0.2, 0) is 0 Å². The van der Waals surface area contributed by atoms with Gasteiger partial charge in [-0.2, -0.15) is 0 Å². The van der Waals surface area contributed by atoms with Gasteiger partial charge in [0.2, 0.25) is 0 Å². The number of amides is 1. The molecule has 0 aliphatic rings. The smallest absolute Gasteiger partial charge is 0.270 e. The van der Waals surface area contributed by atoms with E-state index < -0.39 is 10.8 Å². The zero-order valence-electron chi connectivity index (χ0n) is 14.1. The number of carbonyl (C=O) groups excluding carboxylic acids is 1. The third-order valence-corrected chi connectivity index (χ3v) is 4.32. The van der Waals surface area contributed by atoms with E-state index in [1.54, 1.807) is 12.3 Å². The summed E-state index contributed by atoms with van der Waals surface area (Å²) in [5.74, 6) is 0.284. The summed E-state index contributed by atoms with van der Waals surface area (Å²) in [6.07, 6.45) is 1.59. The molecule has 8 heteroatoms. The van der Waals surface area contributed by atoms with Crippen LogP contribution in [0.3, 0.4) is 0 Å². The van der Waals surface area contributed by atoms with Gasteiger partial charge in [0, 0.05) is 18.7 Å². The molecule has 2 aromatic rings. The lowest BCUT2D eigenvalue weighted by atomic mass is 10.1. The Morgan fingerprint density at radius 3 is 2.64 bits per heavy atom. The van der Waals surface area contributed by atoms with Crippen LogP contribution in [0.15, 0.2) is 41.0 Å². The number of rotatable bonds is 8. The molecule has 0 aliphatic heterocycles. The average Bonchev–Trinajstić information content (AvgIpc) is 3.12. The molecule has 134 valence electrons. The molecule has 0 fully saturated rings. The van der Waals surface area contributed by atoms with Gasteiger partial charge in [-0.25, -0.2) is 0 Å². The van der Waals surface area contributed by atoms with Crippen molar-refractivity contribution < 1.29 is 14.1 Å². The molecule has 1 atom stereocenters. The van der Waals surface area contributed by atoms with Crippen molar-refractivity contribution in [3.8, 4) is 0 Å². The number of nitrogens with one attached hydrogen (secondary N) is 1. The standard InChI is InChI=1S/C17H20ClN3O4/c1-3-20(4-2)15(16-6-5-9-25-16)11-19-17(22)13-10-12(21(23)24)7-8-14(13)18/h5-10,15H,3-4,11H2,1-2H3,(H,19,22). The van der Waals surface area contributed by atoms with Gasteiger partial charge in [-0.3, -0.25) is 19.8 Å². The Kier molecular flexibility index (Phi) is 6.55. The minimum Gasteiger partial charge on any atom is -0.468 e. The number of furan rings is 1. The quantitative estimate of drug-likeness (QED) is 0.569. The molecule has 1 aromatic carbocycles. The molecule has 0 aliphatic carbocycles. The van der Waals surface area contributed by atoms with Gasteiger partial charge in [-0.15, -0.1) is 0 Å². The van der Waals surface area contributed by atoms with Gasteiger partial charge in [0.1, 0.15) is 5.76 Å². The zero-order chi connectivity index (χ0) is 18.4. The van der Waals surface area contributed by atoms with Crippen molar-refractivity contribution in [2.75, 3.05) is 19.6 Å². The van der Waals surface area contributed by atoms with E-state index in [1.807, 2.05) is 19.9 Å². The number of halogens is 1. The van der Waals surface area contributed by atoms with E-state index in [-0.39, 0.29) is 22.3 Å². The number of hydrogen-bond donors (Lipinski definition) is 1. The molecule has 1 unspecified atom stereocenters. The van der Waals surface area contributed by atoms with Crippen molar-refractivity contribution in [3.05, 3.63) is 63.1 Å². The maximum absolute atomic E-state index is 12.4. The number of likely N-dealkylation sites (N-methyl/N-ethyl adjacent to an activating group) is 1. The van der Waals surface area contributed by atoms with Crippen LogP contribution in [0.5, 0.6) is 0 Å². The Balaban J connectivity index is 2.16. The third kappa shape index (κ3) is 4.58. The first-order chi connectivity index (χ1) is 12.0. The van der Waals surface area contributed by atoms with Crippen LogP contribution in [0.1, 0.15) is 36.0 Å². The minimum atomic E-state index is -0.561. The highest BCUT2D eigenvalue weighted by Crippen LogP contribution is 2.23. The monoisotopic (exact) mass is 365 g/mol. The van der Waals surface area contributed by atoms with Crippen molar-refractivity contribution in [2.45, 2.75) is 19.9 Å². The first-order valence-electron chi connectivity index (χ1n) is 7.97. The van der Waals surface area contributed by atoms with Crippen LogP contribution in [0.2, 0.25) is 5.02 Å². The first-order valence-corrected chi connectivity index (χ1v) is 8.35. The Labute approximate surface area is 150 Å². The van der Waals surface area contributed by atoms with Gasteiger partial charge in [0.05, 0.1) is 27.8 Å². The van der Waals surface area contributed by atoms with E-state index in [0.717, 1.165) is 18.8 Å². The van der Waals surface area contributed by atoms with Crippen LogP contribution in [0.25, 0.3) is 0 Å². The van der Waals surface area contributed by atoms with E-state index in [9.17, 15) is 14.9 Å². The van der Waals surface area contributed by atoms with E-state index in [2.05, 4.69) is 10.2 Å². The zero-order valence-corrected chi connectivity index (χ0v) is 14.8.